The second kappa shape index (κ2) is 7.40. The molecule has 0 radical (unpaired) electrons. The Morgan fingerprint density at radius 3 is 2.24 bits per heavy atom. The average Bonchev–Trinajstić information content (AvgIpc) is 2.88. The molecule has 1 saturated carbocycles. The number of carbonyl (C=O) groups excluding carboxylic acids is 3. The van der Waals surface area contributed by atoms with E-state index in [9.17, 15) is 14.4 Å². The van der Waals surface area contributed by atoms with Crippen LogP contribution >= 0.6 is 0 Å². The molecule has 0 unspecified atom stereocenters. The van der Waals surface area contributed by atoms with Crippen LogP contribution in [0.25, 0.3) is 0 Å². The van der Waals surface area contributed by atoms with Crippen molar-refractivity contribution in [1.29, 1.82) is 0 Å². The molecular weight excluding hydrogens is 274 g/mol. The Bertz CT molecular complexity index is 403. The SMILES string of the molecule is CCOC(=O)C1(NC(=O)[C@H](C)NC(=O)[C@H](C)N)CCCC1. The topological polar surface area (TPSA) is 111 Å². The summed E-state index contributed by atoms with van der Waals surface area (Å²) in [5.74, 6) is -1.21. The Balaban J connectivity index is 2.69. The van der Waals surface area contributed by atoms with E-state index in [0.717, 1.165) is 12.8 Å². The standard InChI is InChI=1S/C14H25N3O4/c1-4-21-13(20)14(7-5-6-8-14)17-12(19)10(3)16-11(18)9(2)15/h9-10H,4-8,15H2,1-3H3,(H,16,18)(H,17,19)/t9-,10-/m0/s1. The van der Waals surface area contributed by atoms with Crippen LogP contribution in [0.2, 0.25) is 0 Å². The van der Waals surface area contributed by atoms with E-state index in [1.165, 1.54) is 6.92 Å². The zero-order valence-electron chi connectivity index (χ0n) is 12.9. The van der Waals surface area contributed by atoms with Crippen molar-refractivity contribution in [2.24, 2.45) is 5.73 Å². The maximum Gasteiger partial charge on any atom is 0.331 e. The zero-order valence-corrected chi connectivity index (χ0v) is 12.9. The van der Waals surface area contributed by atoms with Gasteiger partial charge in [-0.15, -0.1) is 0 Å². The molecule has 0 aromatic rings. The molecule has 0 bridgehead atoms. The minimum atomic E-state index is -0.958. The average molecular weight is 299 g/mol. The van der Waals surface area contributed by atoms with Crippen LogP contribution in [0.5, 0.6) is 0 Å². The van der Waals surface area contributed by atoms with Crippen molar-refractivity contribution in [2.45, 2.75) is 64.1 Å². The molecule has 2 atom stereocenters. The summed E-state index contributed by atoms with van der Waals surface area (Å²) in [4.78, 5) is 35.8. The van der Waals surface area contributed by atoms with Crippen LogP contribution in [0.1, 0.15) is 46.5 Å². The summed E-state index contributed by atoms with van der Waals surface area (Å²) in [6.07, 6.45) is 2.84. The van der Waals surface area contributed by atoms with E-state index in [-0.39, 0.29) is 6.61 Å². The predicted octanol–water partition coefficient (Wildman–Crippen LogP) is -0.170. The van der Waals surface area contributed by atoms with Gasteiger partial charge in [0, 0.05) is 0 Å². The van der Waals surface area contributed by atoms with E-state index >= 15 is 0 Å². The lowest BCUT2D eigenvalue weighted by molar-refractivity contribution is -0.153. The first-order valence-corrected chi connectivity index (χ1v) is 7.37. The maximum absolute atomic E-state index is 12.2. The lowest BCUT2D eigenvalue weighted by atomic mass is 9.97. The molecule has 0 aliphatic heterocycles. The molecule has 2 amide bonds. The first-order chi connectivity index (χ1) is 9.82. The third-order valence-corrected chi connectivity index (χ3v) is 3.65. The number of nitrogens with one attached hydrogen (secondary N) is 2. The van der Waals surface area contributed by atoms with Gasteiger partial charge in [-0.05, 0) is 33.6 Å². The Kier molecular flexibility index (Phi) is 6.14. The Morgan fingerprint density at radius 1 is 1.19 bits per heavy atom. The van der Waals surface area contributed by atoms with Crippen LogP contribution in [0.15, 0.2) is 0 Å². The largest absolute Gasteiger partial charge is 0.464 e. The Morgan fingerprint density at radius 2 is 1.76 bits per heavy atom. The van der Waals surface area contributed by atoms with E-state index in [0.29, 0.717) is 12.8 Å². The van der Waals surface area contributed by atoms with E-state index in [1.54, 1.807) is 13.8 Å². The molecule has 0 spiro atoms. The van der Waals surface area contributed by atoms with Crippen LogP contribution in [0.4, 0.5) is 0 Å². The molecule has 7 nitrogen and oxygen atoms in total. The number of ether oxygens (including phenoxy) is 1. The lowest BCUT2D eigenvalue weighted by Gasteiger charge is -2.29. The monoisotopic (exact) mass is 299 g/mol. The predicted molar refractivity (Wildman–Crippen MR) is 77.2 cm³/mol. The molecule has 7 heteroatoms. The highest BCUT2D eigenvalue weighted by Gasteiger charge is 2.44. The van der Waals surface area contributed by atoms with Gasteiger partial charge in [0.2, 0.25) is 11.8 Å². The first-order valence-electron chi connectivity index (χ1n) is 7.37. The molecule has 1 fully saturated rings. The number of nitrogens with two attached hydrogens (primary N) is 1. The molecule has 1 rings (SSSR count). The molecule has 0 aromatic heterocycles. The number of rotatable bonds is 6. The summed E-state index contributed by atoms with van der Waals surface area (Å²) < 4.78 is 5.07. The Hall–Kier alpha value is -1.63. The summed E-state index contributed by atoms with van der Waals surface area (Å²) in [6.45, 7) is 5.10. The van der Waals surface area contributed by atoms with Crippen LogP contribution < -0.4 is 16.4 Å². The van der Waals surface area contributed by atoms with Gasteiger partial charge in [-0.25, -0.2) is 4.79 Å². The van der Waals surface area contributed by atoms with Crippen molar-refractivity contribution in [3.8, 4) is 0 Å². The van der Waals surface area contributed by atoms with Crippen LogP contribution in [0, 0.1) is 0 Å². The van der Waals surface area contributed by atoms with Gasteiger partial charge in [-0.2, -0.15) is 0 Å². The first kappa shape index (κ1) is 17.4. The number of hydrogen-bond acceptors (Lipinski definition) is 5. The van der Waals surface area contributed by atoms with Crippen LogP contribution in [-0.4, -0.2) is 42.0 Å². The van der Waals surface area contributed by atoms with E-state index < -0.39 is 35.4 Å². The maximum atomic E-state index is 12.2. The minimum absolute atomic E-state index is 0.271. The second-order valence-corrected chi connectivity index (χ2v) is 5.52. The highest BCUT2D eigenvalue weighted by atomic mass is 16.5. The molecule has 0 heterocycles. The number of hydrogen-bond donors (Lipinski definition) is 3. The van der Waals surface area contributed by atoms with Gasteiger partial charge >= 0.3 is 5.97 Å². The second-order valence-electron chi connectivity index (χ2n) is 5.52. The van der Waals surface area contributed by atoms with Gasteiger partial charge in [0.15, 0.2) is 0 Å². The van der Waals surface area contributed by atoms with Gasteiger partial charge in [-0.1, -0.05) is 12.8 Å². The highest BCUT2D eigenvalue weighted by molar-refractivity contribution is 5.93. The van der Waals surface area contributed by atoms with Crippen molar-refractivity contribution < 1.29 is 19.1 Å². The lowest BCUT2D eigenvalue weighted by Crippen LogP contribution is -2.58. The number of amides is 2. The molecule has 1 aliphatic carbocycles. The summed E-state index contributed by atoms with van der Waals surface area (Å²) >= 11 is 0. The Labute approximate surface area is 125 Å². The van der Waals surface area contributed by atoms with Gasteiger partial charge in [0.1, 0.15) is 11.6 Å². The molecular formula is C14H25N3O4. The summed E-state index contributed by atoms with van der Waals surface area (Å²) in [7, 11) is 0. The van der Waals surface area contributed by atoms with Crippen LogP contribution in [-0.2, 0) is 19.1 Å². The molecule has 0 aromatic carbocycles. The molecule has 1 aliphatic rings. The van der Waals surface area contributed by atoms with E-state index in [4.69, 9.17) is 10.5 Å². The summed E-state index contributed by atoms with van der Waals surface area (Å²) in [5.41, 5.74) is 4.49. The highest BCUT2D eigenvalue weighted by Crippen LogP contribution is 2.31. The van der Waals surface area contributed by atoms with Gasteiger partial charge in [-0.3, -0.25) is 9.59 Å². The quantitative estimate of drug-likeness (QED) is 0.590. The molecule has 21 heavy (non-hydrogen) atoms. The summed E-state index contributed by atoms with van der Waals surface area (Å²) in [6, 6.07) is -1.44. The van der Waals surface area contributed by atoms with E-state index in [2.05, 4.69) is 10.6 Å². The fourth-order valence-electron chi connectivity index (χ4n) is 2.38. The molecule has 120 valence electrons. The van der Waals surface area contributed by atoms with Crippen molar-refractivity contribution in [3.05, 3.63) is 0 Å². The van der Waals surface area contributed by atoms with Gasteiger partial charge < -0.3 is 21.1 Å². The fourth-order valence-corrected chi connectivity index (χ4v) is 2.38. The van der Waals surface area contributed by atoms with Crippen molar-refractivity contribution in [3.63, 3.8) is 0 Å². The number of esters is 1. The third kappa shape index (κ3) is 4.42. The third-order valence-electron chi connectivity index (χ3n) is 3.65. The normalized spacial score (nSPS) is 19.4. The van der Waals surface area contributed by atoms with Crippen molar-refractivity contribution in [1.82, 2.24) is 10.6 Å². The van der Waals surface area contributed by atoms with Crippen molar-refractivity contribution >= 4 is 17.8 Å². The minimum Gasteiger partial charge on any atom is -0.464 e. The smallest absolute Gasteiger partial charge is 0.331 e. The molecule has 4 N–H and O–H groups in total. The molecule has 0 saturated heterocycles. The number of carbonyl (C=O) groups is 3. The zero-order chi connectivity index (χ0) is 16.0. The van der Waals surface area contributed by atoms with Gasteiger partial charge in [0.05, 0.1) is 12.6 Å². The summed E-state index contributed by atoms with van der Waals surface area (Å²) in [5, 5.41) is 5.27. The van der Waals surface area contributed by atoms with Crippen LogP contribution in [0.3, 0.4) is 0 Å². The van der Waals surface area contributed by atoms with E-state index in [1.807, 2.05) is 0 Å². The van der Waals surface area contributed by atoms with Crippen molar-refractivity contribution in [2.75, 3.05) is 6.61 Å². The van der Waals surface area contributed by atoms with Gasteiger partial charge in [0.25, 0.3) is 0 Å². The fraction of sp³-hybridized carbons (Fsp3) is 0.786.